The highest BCUT2D eigenvalue weighted by atomic mass is 16.3. The van der Waals surface area contributed by atoms with Crippen LogP contribution >= 0.6 is 0 Å². The molecule has 26 heavy (non-hydrogen) atoms. The van der Waals surface area contributed by atoms with Gasteiger partial charge >= 0.3 is 0 Å². The smallest absolute Gasteiger partial charge is 0.196 e. The molecule has 0 atom stereocenters. The highest BCUT2D eigenvalue weighted by molar-refractivity contribution is 6.31. The average Bonchev–Trinajstić information content (AvgIpc) is 3.11. The Bertz CT molecular complexity index is 1060. The Morgan fingerprint density at radius 1 is 0.885 bits per heavy atom. The maximum atomic E-state index is 13.1. The summed E-state index contributed by atoms with van der Waals surface area (Å²) in [5, 5.41) is 9.48. The second-order valence-corrected chi connectivity index (χ2v) is 5.95. The molecule has 0 bridgehead atoms. The summed E-state index contributed by atoms with van der Waals surface area (Å²) in [5.74, 6) is 0.590. The number of hydrogen-bond donors (Lipinski definition) is 2. The van der Waals surface area contributed by atoms with E-state index in [4.69, 9.17) is 0 Å². The molecule has 126 valence electrons. The average molecular weight is 340 g/mol. The van der Waals surface area contributed by atoms with Crippen LogP contribution in [0.25, 0.3) is 22.7 Å². The maximum Gasteiger partial charge on any atom is 0.196 e. The lowest BCUT2D eigenvalue weighted by Gasteiger charge is -2.05. The van der Waals surface area contributed by atoms with Crippen LogP contribution in [0, 0.1) is 0 Å². The number of H-pyrrole nitrogens is 1. The van der Waals surface area contributed by atoms with Gasteiger partial charge in [-0.2, -0.15) is 0 Å². The summed E-state index contributed by atoms with van der Waals surface area (Å²) in [6, 6.07) is 23.5. The molecule has 0 amide bonds. The van der Waals surface area contributed by atoms with E-state index in [0.717, 1.165) is 16.6 Å². The van der Waals surface area contributed by atoms with Crippen LogP contribution in [0.2, 0.25) is 0 Å². The molecule has 0 spiro atoms. The molecule has 2 N–H and O–H groups in total. The summed E-state index contributed by atoms with van der Waals surface area (Å²) in [7, 11) is 0. The molecule has 4 heteroatoms. The van der Waals surface area contributed by atoms with Crippen LogP contribution in [0.4, 0.5) is 0 Å². The molecule has 0 aliphatic carbocycles. The zero-order valence-corrected chi connectivity index (χ0v) is 13.9. The lowest BCUT2D eigenvalue weighted by molar-refractivity contribution is 0.105. The summed E-state index contributed by atoms with van der Waals surface area (Å²) in [5.41, 5.74) is 3.55. The Morgan fingerprint density at radius 2 is 1.58 bits per heavy atom. The van der Waals surface area contributed by atoms with Gasteiger partial charge < -0.3 is 10.1 Å². The van der Waals surface area contributed by atoms with Crippen molar-refractivity contribution in [1.29, 1.82) is 0 Å². The van der Waals surface area contributed by atoms with E-state index in [0.29, 0.717) is 17.0 Å². The van der Waals surface area contributed by atoms with Crippen molar-refractivity contribution < 1.29 is 9.90 Å². The second-order valence-electron chi connectivity index (χ2n) is 5.95. The minimum atomic E-state index is -0.113. The van der Waals surface area contributed by atoms with E-state index in [1.807, 2.05) is 42.5 Å². The molecule has 1 aromatic heterocycles. The zero-order chi connectivity index (χ0) is 17.9. The fourth-order valence-corrected chi connectivity index (χ4v) is 2.80. The number of phenolic OH excluding ortho intramolecular Hbond substituents is 1. The fourth-order valence-electron chi connectivity index (χ4n) is 2.80. The molecule has 0 unspecified atom stereocenters. The first kappa shape index (κ1) is 15.8. The van der Waals surface area contributed by atoms with Gasteiger partial charge in [-0.25, -0.2) is 4.98 Å². The lowest BCUT2D eigenvalue weighted by atomic mass is 10.0. The number of Topliss-reactive ketones (excluding diaryl/α,β-unsaturated/α-hetero) is 1. The number of carbonyl (C=O) groups excluding carboxylic acids is 1. The quantitative estimate of drug-likeness (QED) is 0.418. The third-order valence-corrected chi connectivity index (χ3v) is 4.13. The van der Waals surface area contributed by atoms with Crippen LogP contribution in [0.5, 0.6) is 5.75 Å². The van der Waals surface area contributed by atoms with E-state index in [9.17, 15) is 9.90 Å². The number of benzene rings is 3. The van der Waals surface area contributed by atoms with Crippen molar-refractivity contribution in [3.8, 4) is 5.75 Å². The van der Waals surface area contributed by atoms with Gasteiger partial charge in [0.05, 0.1) is 16.6 Å². The molecule has 4 rings (SSSR count). The minimum Gasteiger partial charge on any atom is -0.508 e. The van der Waals surface area contributed by atoms with Crippen LogP contribution in [0.3, 0.4) is 0 Å². The van der Waals surface area contributed by atoms with E-state index >= 15 is 0 Å². The number of imidazole rings is 1. The Kier molecular flexibility index (Phi) is 4.07. The number of aromatic hydroxyl groups is 1. The highest BCUT2D eigenvalue weighted by Gasteiger charge is 2.18. The Labute approximate surface area is 150 Å². The van der Waals surface area contributed by atoms with Gasteiger partial charge in [-0.05, 0) is 35.9 Å². The van der Waals surface area contributed by atoms with Crippen LogP contribution in [0.15, 0.2) is 78.9 Å². The predicted octanol–water partition coefficient (Wildman–Crippen LogP) is 4.69. The van der Waals surface area contributed by atoms with E-state index in [1.54, 1.807) is 42.5 Å². The van der Waals surface area contributed by atoms with Gasteiger partial charge in [0.25, 0.3) is 0 Å². The number of carbonyl (C=O) groups is 1. The van der Waals surface area contributed by atoms with E-state index < -0.39 is 0 Å². The van der Waals surface area contributed by atoms with Crippen LogP contribution < -0.4 is 0 Å². The third-order valence-electron chi connectivity index (χ3n) is 4.13. The van der Waals surface area contributed by atoms with Crippen molar-refractivity contribution in [2.45, 2.75) is 0 Å². The number of allylic oxidation sites excluding steroid dienone is 1. The number of aromatic amines is 1. The molecule has 1 heterocycles. The molecule has 0 saturated heterocycles. The Balaban J connectivity index is 1.85. The Hall–Kier alpha value is -3.66. The van der Waals surface area contributed by atoms with Gasteiger partial charge in [0.2, 0.25) is 0 Å². The van der Waals surface area contributed by atoms with Crippen molar-refractivity contribution in [2.75, 3.05) is 0 Å². The molecule has 0 radical (unpaired) electrons. The van der Waals surface area contributed by atoms with E-state index in [1.165, 1.54) is 0 Å². The second kappa shape index (κ2) is 6.69. The van der Waals surface area contributed by atoms with E-state index in [-0.39, 0.29) is 11.5 Å². The van der Waals surface area contributed by atoms with Crippen molar-refractivity contribution in [3.05, 3.63) is 95.8 Å². The molecule has 4 aromatic rings. The standard InChI is InChI=1S/C22H16N2O2/c25-17-12-10-15(11-13-17)14-18(21(26)16-6-2-1-3-7-16)22-23-19-8-4-5-9-20(19)24-22/h1-14,25H,(H,23,24)/b18-14-. The predicted molar refractivity (Wildman–Crippen MR) is 103 cm³/mol. The first-order valence-corrected chi connectivity index (χ1v) is 8.26. The molecular weight excluding hydrogens is 324 g/mol. The number of rotatable bonds is 4. The van der Waals surface area contributed by atoms with Crippen LogP contribution in [-0.4, -0.2) is 20.9 Å². The van der Waals surface area contributed by atoms with Gasteiger partial charge in [0.1, 0.15) is 11.6 Å². The minimum absolute atomic E-state index is 0.113. The number of phenols is 1. The molecule has 0 fully saturated rings. The molecule has 4 nitrogen and oxygen atoms in total. The third kappa shape index (κ3) is 3.13. The number of para-hydroxylation sites is 2. The number of aromatic nitrogens is 2. The fraction of sp³-hybridized carbons (Fsp3) is 0. The van der Waals surface area contributed by atoms with Crippen molar-refractivity contribution >= 4 is 28.5 Å². The van der Waals surface area contributed by atoms with Gasteiger partial charge in [-0.3, -0.25) is 4.79 Å². The summed E-state index contributed by atoms with van der Waals surface area (Å²) < 4.78 is 0. The van der Waals surface area contributed by atoms with Crippen molar-refractivity contribution in [1.82, 2.24) is 9.97 Å². The number of nitrogens with zero attached hydrogens (tertiary/aromatic N) is 1. The molecule has 0 saturated carbocycles. The van der Waals surface area contributed by atoms with E-state index in [2.05, 4.69) is 9.97 Å². The number of fused-ring (bicyclic) bond motifs is 1. The van der Waals surface area contributed by atoms with Gasteiger partial charge in [-0.15, -0.1) is 0 Å². The maximum absolute atomic E-state index is 13.1. The zero-order valence-electron chi connectivity index (χ0n) is 13.9. The van der Waals surface area contributed by atoms with Crippen LogP contribution in [-0.2, 0) is 0 Å². The molecule has 3 aromatic carbocycles. The molecule has 0 aliphatic heterocycles. The summed E-state index contributed by atoms with van der Waals surface area (Å²) in [6.07, 6.45) is 1.78. The lowest BCUT2D eigenvalue weighted by Crippen LogP contribution is -2.04. The Morgan fingerprint density at radius 3 is 2.31 bits per heavy atom. The first-order valence-electron chi connectivity index (χ1n) is 8.26. The number of hydrogen-bond acceptors (Lipinski definition) is 3. The summed E-state index contributed by atoms with van der Waals surface area (Å²) >= 11 is 0. The number of ketones is 1. The first-order chi connectivity index (χ1) is 12.7. The molecular formula is C22H16N2O2. The topological polar surface area (TPSA) is 66.0 Å². The van der Waals surface area contributed by atoms with Gasteiger partial charge in [-0.1, -0.05) is 54.6 Å². The van der Waals surface area contributed by atoms with Crippen LogP contribution in [0.1, 0.15) is 21.7 Å². The van der Waals surface area contributed by atoms with Crippen molar-refractivity contribution in [3.63, 3.8) is 0 Å². The summed E-state index contributed by atoms with van der Waals surface area (Å²) in [4.78, 5) is 20.9. The monoisotopic (exact) mass is 340 g/mol. The number of nitrogens with one attached hydrogen (secondary N) is 1. The van der Waals surface area contributed by atoms with Gasteiger partial charge in [0, 0.05) is 5.56 Å². The van der Waals surface area contributed by atoms with Gasteiger partial charge in [0.15, 0.2) is 5.78 Å². The van der Waals surface area contributed by atoms with Crippen molar-refractivity contribution in [2.24, 2.45) is 0 Å². The molecule has 0 aliphatic rings. The highest BCUT2D eigenvalue weighted by Crippen LogP contribution is 2.24. The summed E-state index contributed by atoms with van der Waals surface area (Å²) in [6.45, 7) is 0. The largest absolute Gasteiger partial charge is 0.508 e. The SMILES string of the molecule is O=C(/C(=C/c1ccc(O)cc1)c1nc2ccccc2[nH]1)c1ccccc1. The normalized spacial score (nSPS) is 11.6.